The van der Waals surface area contributed by atoms with Crippen LogP contribution in [0.4, 0.5) is 0 Å². The van der Waals surface area contributed by atoms with Gasteiger partial charge in [0.05, 0.1) is 12.1 Å². The summed E-state index contributed by atoms with van der Waals surface area (Å²) in [6.45, 7) is 0. The molecule has 1 aliphatic carbocycles. The number of aliphatic carboxylic acids is 1. The van der Waals surface area contributed by atoms with E-state index >= 15 is 0 Å². The van der Waals surface area contributed by atoms with E-state index in [4.69, 9.17) is 0 Å². The Balaban J connectivity index is 1.80. The van der Waals surface area contributed by atoms with Gasteiger partial charge in [0.1, 0.15) is 5.56 Å². The predicted octanol–water partition coefficient (Wildman–Crippen LogP) is 1.10. The minimum absolute atomic E-state index is 0.318. The van der Waals surface area contributed by atoms with Crippen LogP contribution >= 0.6 is 0 Å². The highest BCUT2D eigenvalue weighted by Crippen LogP contribution is 2.25. The molecule has 0 aromatic carbocycles. The van der Waals surface area contributed by atoms with E-state index in [1.807, 2.05) is 0 Å². The fourth-order valence-electron chi connectivity index (χ4n) is 2.83. The Kier molecular flexibility index (Phi) is 3.55. The zero-order valence-corrected chi connectivity index (χ0v) is 11.4. The second-order valence-electron chi connectivity index (χ2n) is 5.26. The summed E-state index contributed by atoms with van der Waals surface area (Å²) in [6, 6.07) is 1.39. The van der Waals surface area contributed by atoms with Gasteiger partial charge in [0.15, 0.2) is 5.65 Å². The van der Waals surface area contributed by atoms with E-state index in [1.54, 1.807) is 18.5 Å². The molecular weight excluding hydrogens is 272 g/mol. The van der Waals surface area contributed by atoms with Gasteiger partial charge in [0, 0.05) is 18.4 Å². The quantitative estimate of drug-likeness (QED) is 0.881. The second kappa shape index (κ2) is 5.51. The van der Waals surface area contributed by atoms with Crippen LogP contribution in [0.3, 0.4) is 0 Å². The molecule has 21 heavy (non-hydrogen) atoms. The van der Waals surface area contributed by atoms with Crippen molar-refractivity contribution in [3.8, 4) is 0 Å². The minimum atomic E-state index is -0.849. The van der Waals surface area contributed by atoms with E-state index in [1.165, 1.54) is 10.7 Å². The molecule has 2 N–H and O–H groups in total. The summed E-state index contributed by atoms with van der Waals surface area (Å²) >= 11 is 0. The van der Waals surface area contributed by atoms with Crippen LogP contribution in [-0.2, 0) is 4.79 Å². The van der Waals surface area contributed by atoms with Gasteiger partial charge >= 0.3 is 5.97 Å². The van der Waals surface area contributed by atoms with Crippen molar-refractivity contribution in [2.45, 2.75) is 31.7 Å². The van der Waals surface area contributed by atoms with Gasteiger partial charge in [0.2, 0.25) is 0 Å². The van der Waals surface area contributed by atoms with Gasteiger partial charge in [-0.15, -0.1) is 0 Å². The SMILES string of the molecule is O=C(N[C@H]1CCCC[C@H]1C(=O)O)c1cnn2cccnc12. The Morgan fingerprint density at radius 3 is 2.95 bits per heavy atom. The summed E-state index contributed by atoms with van der Waals surface area (Å²) in [5.41, 5.74) is 0.836. The minimum Gasteiger partial charge on any atom is -0.481 e. The van der Waals surface area contributed by atoms with Crippen molar-refractivity contribution in [2.24, 2.45) is 5.92 Å². The normalized spacial score (nSPS) is 22.1. The van der Waals surface area contributed by atoms with Crippen LogP contribution in [0.15, 0.2) is 24.7 Å². The highest BCUT2D eigenvalue weighted by Gasteiger charge is 2.32. The van der Waals surface area contributed by atoms with Crippen molar-refractivity contribution in [3.05, 3.63) is 30.2 Å². The Labute approximate surface area is 121 Å². The lowest BCUT2D eigenvalue weighted by Gasteiger charge is -2.29. The first kappa shape index (κ1) is 13.5. The predicted molar refractivity (Wildman–Crippen MR) is 73.8 cm³/mol. The molecule has 0 aliphatic heterocycles. The van der Waals surface area contributed by atoms with Crippen molar-refractivity contribution in [2.75, 3.05) is 0 Å². The number of amides is 1. The van der Waals surface area contributed by atoms with Gasteiger partial charge in [-0.05, 0) is 18.9 Å². The van der Waals surface area contributed by atoms with E-state index < -0.39 is 11.9 Å². The highest BCUT2D eigenvalue weighted by molar-refractivity contribution is 5.99. The Bertz CT molecular complexity index is 682. The average molecular weight is 288 g/mol. The number of nitrogens with zero attached hydrogens (tertiary/aromatic N) is 3. The summed E-state index contributed by atoms with van der Waals surface area (Å²) in [5, 5.41) is 16.1. The summed E-state index contributed by atoms with van der Waals surface area (Å²) in [6.07, 6.45) is 7.87. The molecule has 0 spiro atoms. The molecule has 7 heteroatoms. The molecule has 2 aromatic rings. The van der Waals surface area contributed by atoms with E-state index in [2.05, 4.69) is 15.4 Å². The van der Waals surface area contributed by atoms with E-state index in [-0.39, 0.29) is 11.9 Å². The van der Waals surface area contributed by atoms with Crippen LogP contribution in [0.2, 0.25) is 0 Å². The summed E-state index contributed by atoms with van der Waals surface area (Å²) in [7, 11) is 0. The number of nitrogens with one attached hydrogen (secondary N) is 1. The Hall–Kier alpha value is -2.44. The molecule has 1 saturated carbocycles. The second-order valence-corrected chi connectivity index (χ2v) is 5.26. The number of hydrogen-bond donors (Lipinski definition) is 2. The smallest absolute Gasteiger partial charge is 0.308 e. The maximum Gasteiger partial charge on any atom is 0.308 e. The third-order valence-corrected chi connectivity index (χ3v) is 3.92. The monoisotopic (exact) mass is 288 g/mol. The lowest BCUT2D eigenvalue weighted by molar-refractivity contribution is -0.143. The number of carboxylic acids is 1. The fourth-order valence-corrected chi connectivity index (χ4v) is 2.83. The number of aromatic nitrogens is 3. The molecule has 110 valence electrons. The van der Waals surface area contributed by atoms with Gasteiger partial charge in [0.25, 0.3) is 5.91 Å². The lowest BCUT2D eigenvalue weighted by Crippen LogP contribution is -2.45. The fraction of sp³-hybridized carbons (Fsp3) is 0.429. The molecule has 2 heterocycles. The average Bonchev–Trinajstić information content (AvgIpc) is 2.91. The molecule has 0 saturated heterocycles. The van der Waals surface area contributed by atoms with Crippen LogP contribution < -0.4 is 5.32 Å². The Morgan fingerprint density at radius 2 is 2.14 bits per heavy atom. The number of rotatable bonds is 3. The molecule has 1 amide bonds. The summed E-state index contributed by atoms with van der Waals surface area (Å²) < 4.78 is 1.52. The first-order chi connectivity index (χ1) is 10.2. The molecular formula is C14H16N4O3. The van der Waals surface area contributed by atoms with Gasteiger partial charge in [-0.1, -0.05) is 12.8 Å². The van der Waals surface area contributed by atoms with E-state index in [9.17, 15) is 14.7 Å². The number of carboxylic acid groups (broad SMARTS) is 1. The lowest BCUT2D eigenvalue weighted by atomic mass is 9.84. The van der Waals surface area contributed by atoms with Gasteiger partial charge in [-0.2, -0.15) is 5.10 Å². The first-order valence-corrected chi connectivity index (χ1v) is 6.99. The van der Waals surface area contributed by atoms with Crippen LogP contribution in [0.1, 0.15) is 36.0 Å². The van der Waals surface area contributed by atoms with E-state index in [0.717, 1.165) is 12.8 Å². The van der Waals surface area contributed by atoms with Gasteiger partial charge in [-0.25, -0.2) is 9.50 Å². The highest BCUT2D eigenvalue weighted by atomic mass is 16.4. The van der Waals surface area contributed by atoms with Crippen LogP contribution in [0.5, 0.6) is 0 Å². The third-order valence-electron chi connectivity index (χ3n) is 3.92. The zero-order valence-electron chi connectivity index (χ0n) is 11.4. The summed E-state index contributed by atoms with van der Waals surface area (Å²) in [5.74, 6) is -1.68. The number of carbonyl (C=O) groups excluding carboxylic acids is 1. The molecule has 3 rings (SSSR count). The van der Waals surface area contributed by atoms with Gasteiger partial charge < -0.3 is 10.4 Å². The topological polar surface area (TPSA) is 96.6 Å². The zero-order chi connectivity index (χ0) is 14.8. The molecule has 1 aliphatic rings. The van der Waals surface area contributed by atoms with Crippen molar-refractivity contribution < 1.29 is 14.7 Å². The molecule has 2 aromatic heterocycles. The van der Waals surface area contributed by atoms with Crippen molar-refractivity contribution >= 4 is 17.5 Å². The van der Waals surface area contributed by atoms with Crippen LogP contribution in [-0.4, -0.2) is 37.6 Å². The van der Waals surface area contributed by atoms with Crippen LogP contribution in [0, 0.1) is 5.92 Å². The summed E-state index contributed by atoms with van der Waals surface area (Å²) in [4.78, 5) is 27.8. The third kappa shape index (κ3) is 2.58. The Morgan fingerprint density at radius 1 is 1.33 bits per heavy atom. The van der Waals surface area contributed by atoms with Gasteiger partial charge in [-0.3, -0.25) is 9.59 Å². The molecule has 7 nitrogen and oxygen atoms in total. The standard InChI is InChI=1S/C14H16N4O3/c19-13(10-8-16-18-7-3-6-15-12(10)18)17-11-5-2-1-4-9(11)14(20)21/h3,6-9,11H,1-2,4-5H2,(H,17,19)(H,20,21)/t9-,11+/m1/s1. The maximum absolute atomic E-state index is 12.4. The molecule has 0 unspecified atom stereocenters. The first-order valence-electron chi connectivity index (χ1n) is 6.99. The molecule has 0 radical (unpaired) electrons. The van der Waals surface area contributed by atoms with Crippen molar-refractivity contribution in [1.82, 2.24) is 19.9 Å². The molecule has 0 bridgehead atoms. The van der Waals surface area contributed by atoms with Crippen molar-refractivity contribution in [3.63, 3.8) is 0 Å². The number of carbonyl (C=O) groups is 2. The number of fused-ring (bicyclic) bond motifs is 1. The maximum atomic E-state index is 12.4. The number of hydrogen-bond acceptors (Lipinski definition) is 4. The van der Waals surface area contributed by atoms with E-state index in [0.29, 0.717) is 24.1 Å². The van der Waals surface area contributed by atoms with Crippen LogP contribution in [0.25, 0.3) is 5.65 Å². The molecule has 2 atom stereocenters. The largest absolute Gasteiger partial charge is 0.481 e. The van der Waals surface area contributed by atoms with Crippen molar-refractivity contribution in [1.29, 1.82) is 0 Å². The molecule has 1 fully saturated rings.